The Morgan fingerprint density at radius 3 is 2.37 bits per heavy atom. The van der Waals surface area contributed by atoms with Crippen LogP contribution in [0.25, 0.3) is 0 Å². The van der Waals surface area contributed by atoms with Crippen LogP contribution in [-0.4, -0.2) is 16.1 Å². The Kier molecular flexibility index (Phi) is 4.67. The van der Waals surface area contributed by atoms with Crippen LogP contribution >= 0.6 is 11.6 Å². The molecule has 0 aromatic carbocycles. The van der Waals surface area contributed by atoms with Crippen molar-refractivity contribution in [3.05, 3.63) is 28.6 Å². The van der Waals surface area contributed by atoms with Gasteiger partial charge >= 0.3 is 12.1 Å². The number of alkyl halides is 6. The Bertz CT molecular complexity index is 490. The molecule has 1 rings (SSSR count). The van der Waals surface area contributed by atoms with E-state index in [0.29, 0.717) is 6.20 Å². The number of nitrogens with zero attached hydrogens (tertiary/aromatic N) is 1. The van der Waals surface area contributed by atoms with Gasteiger partial charge in [0.05, 0.1) is 23.6 Å². The monoisotopic (exact) mass is 303 g/mol. The van der Waals surface area contributed by atoms with Gasteiger partial charge in [-0.2, -0.15) is 13.2 Å². The second kappa shape index (κ2) is 5.68. The number of carboxylic acids is 1. The number of carboxylic acid groups (broad SMARTS) is 1. The van der Waals surface area contributed by atoms with Crippen LogP contribution in [-0.2, 0) is 23.3 Å². The molecule has 0 radical (unpaired) electrons. The molecule has 0 unspecified atom stereocenters. The third kappa shape index (κ3) is 3.52. The summed E-state index contributed by atoms with van der Waals surface area (Å²) in [5.74, 6) is -2.32. The predicted octanol–water partition coefficient (Wildman–Crippen LogP) is 3.40. The van der Waals surface area contributed by atoms with Crippen molar-refractivity contribution >= 4 is 17.6 Å². The molecular formula is C10H7ClF5NO2. The standard InChI is InChI=1S/C10H7ClF5NO2/c11-2-6-8(10(14,15)16)4(1-7(18)19)5(3-17-6)9(12)13/h3,9H,1-2H2,(H,18,19). The molecule has 0 fully saturated rings. The number of aliphatic carboxylic acids is 1. The van der Waals surface area contributed by atoms with E-state index in [1.165, 1.54) is 0 Å². The second-order valence-electron chi connectivity index (χ2n) is 3.52. The molecule has 0 amide bonds. The lowest BCUT2D eigenvalue weighted by Gasteiger charge is -2.17. The smallest absolute Gasteiger partial charge is 0.418 e. The fourth-order valence-electron chi connectivity index (χ4n) is 1.57. The van der Waals surface area contributed by atoms with Crippen molar-refractivity contribution in [2.75, 3.05) is 0 Å². The molecule has 9 heteroatoms. The number of aromatic nitrogens is 1. The highest BCUT2D eigenvalue weighted by molar-refractivity contribution is 6.17. The Hall–Kier alpha value is -1.44. The molecule has 0 bridgehead atoms. The van der Waals surface area contributed by atoms with Crippen molar-refractivity contribution in [3.63, 3.8) is 0 Å². The molecule has 0 saturated heterocycles. The molecule has 0 saturated carbocycles. The Morgan fingerprint density at radius 1 is 1.42 bits per heavy atom. The van der Waals surface area contributed by atoms with E-state index in [9.17, 15) is 26.7 Å². The van der Waals surface area contributed by atoms with Crippen LogP contribution in [0.3, 0.4) is 0 Å². The Labute approximate surface area is 109 Å². The lowest BCUT2D eigenvalue weighted by molar-refractivity contribution is -0.140. The number of rotatable bonds is 4. The zero-order valence-corrected chi connectivity index (χ0v) is 9.90. The fourth-order valence-corrected chi connectivity index (χ4v) is 1.78. The van der Waals surface area contributed by atoms with Gasteiger partial charge in [0.2, 0.25) is 0 Å². The summed E-state index contributed by atoms with van der Waals surface area (Å²) in [4.78, 5) is 13.8. The van der Waals surface area contributed by atoms with E-state index in [0.717, 1.165) is 0 Å². The first-order valence-electron chi connectivity index (χ1n) is 4.82. The Balaban J connectivity index is 3.60. The van der Waals surface area contributed by atoms with Crippen LogP contribution in [0.1, 0.15) is 28.8 Å². The summed E-state index contributed by atoms with van der Waals surface area (Å²) >= 11 is 5.28. The van der Waals surface area contributed by atoms with Gasteiger partial charge in [-0.3, -0.25) is 9.78 Å². The van der Waals surface area contributed by atoms with Crippen LogP contribution in [0.15, 0.2) is 6.20 Å². The van der Waals surface area contributed by atoms with E-state index in [4.69, 9.17) is 16.7 Å². The zero-order chi connectivity index (χ0) is 14.8. The van der Waals surface area contributed by atoms with Gasteiger partial charge in [0.15, 0.2) is 0 Å². The maximum atomic E-state index is 12.9. The highest BCUT2D eigenvalue weighted by Crippen LogP contribution is 2.38. The van der Waals surface area contributed by atoms with E-state index >= 15 is 0 Å². The van der Waals surface area contributed by atoms with Crippen LogP contribution in [0, 0.1) is 0 Å². The number of carbonyl (C=O) groups is 1. The molecule has 106 valence electrons. The summed E-state index contributed by atoms with van der Waals surface area (Å²) in [7, 11) is 0. The van der Waals surface area contributed by atoms with Crippen molar-refractivity contribution in [2.24, 2.45) is 0 Å². The maximum absolute atomic E-state index is 12.9. The highest BCUT2D eigenvalue weighted by atomic mass is 35.5. The van der Waals surface area contributed by atoms with Crippen molar-refractivity contribution in [1.29, 1.82) is 0 Å². The van der Waals surface area contributed by atoms with Crippen molar-refractivity contribution < 1.29 is 31.9 Å². The van der Waals surface area contributed by atoms with Crippen LogP contribution in [0.5, 0.6) is 0 Å². The summed E-state index contributed by atoms with van der Waals surface area (Å²) < 4.78 is 63.9. The minimum atomic E-state index is -5.01. The summed E-state index contributed by atoms with van der Waals surface area (Å²) in [5, 5.41) is 8.56. The highest BCUT2D eigenvalue weighted by Gasteiger charge is 2.39. The van der Waals surface area contributed by atoms with Crippen molar-refractivity contribution in [1.82, 2.24) is 4.98 Å². The average Bonchev–Trinajstić information content (AvgIpc) is 2.25. The summed E-state index contributed by atoms with van der Waals surface area (Å²) in [6.07, 6.45) is -8.92. The quantitative estimate of drug-likeness (QED) is 0.685. The van der Waals surface area contributed by atoms with Gasteiger partial charge in [-0.1, -0.05) is 0 Å². The maximum Gasteiger partial charge on any atom is 0.418 e. The van der Waals surface area contributed by atoms with E-state index < -0.39 is 53.3 Å². The van der Waals surface area contributed by atoms with Crippen LogP contribution < -0.4 is 0 Å². The van der Waals surface area contributed by atoms with Crippen LogP contribution in [0.2, 0.25) is 0 Å². The minimum Gasteiger partial charge on any atom is -0.481 e. The van der Waals surface area contributed by atoms with Gasteiger partial charge in [0.25, 0.3) is 6.43 Å². The lowest BCUT2D eigenvalue weighted by atomic mass is 9.98. The first-order chi connectivity index (χ1) is 8.68. The van der Waals surface area contributed by atoms with Gasteiger partial charge in [0, 0.05) is 11.8 Å². The molecule has 0 spiro atoms. The second-order valence-corrected chi connectivity index (χ2v) is 3.78. The third-order valence-electron chi connectivity index (χ3n) is 2.27. The van der Waals surface area contributed by atoms with Gasteiger partial charge in [-0.05, 0) is 5.56 Å². The third-order valence-corrected chi connectivity index (χ3v) is 2.52. The molecule has 1 heterocycles. The average molecular weight is 304 g/mol. The van der Waals surface area contributed by atoms with E-state index in [2.05, 4.69) is 4.98 Å². The zero-order valence-electron chi connectivity index (χ0n) is 9.14. The van der Waals surface area contributed by atoms with Gasteiger partial charge < -0.3 is 5.11 Å². The number of hydrogen-bond donors (Lipinski definition) is 1. The molecule has 0 atom stereocenters. The minimum absolute atomic E-state index is 0.524. The largest absolute Gasteiger partial charge is 0.481 e. The molecular weight excluding hydrogens is 297 g/mol. The topological polar surface area (TPSA) is 50.2 Å². The first kappa shape index (κ1) is 15.6. The van der Waals surface area contributed by atoms with Crippen molar-refractivity contribution in [3.8, 4) is 0 Å². The summed E-state index contributed by atoms with van der Waals surface area (Å²) in [6, 6.07) is 0. The molecule has 0 aliphatic heterocycles. The Morgan fingerprint density at radius 2 is 2.00 bits per heavy atom. The molecule has 0 aliphatic carbocycles. The molecule has 1 N–H and O–H groups in total. The number of hydrogen-bond acceptors (Lipinski definition) is 2. The van der Waals surface area contributed by atoms with E-state index in [1.807, 2.05) is 0 Å². The molecule has 1 aromatic heterocycles. The van der Waals surface area contributed by atoms with Crippen molar-refractivity contribution in [2.45, 2.75) is 24.9 Å². The molecule has 0 aliphatic rings. The summed E-state index contributed by atoms with van der Waals surface area (Å²) in [6.45, 7) is 0. The van der Waals surface area contributed by atoms with E-state index in [-0.39, 0.29) is 0 Å². The lowest BCUT2D eigenvalue weighted by Crippen LogP contribution is -2.18. The molecule has 1 aromatic rings. The molecule has 19 heavy (non-hydrogen) atoms. The first-order valence-corrected chi connectivity index (χ1v) is 5.35. The number of halogens is 6. The predicted molar refractivity (Wildman–Crippen MR) is 55.1 cm³/mol. The normalized spacial score (nSPS) is 11.9. The summed E-state index contributed by atoms with van der Waals surface area (Å²) in [5.41, 5.74) is -4.22. The molecule has 3 nitrogen and oxygen atoms in total. The van der Waals surface area contributed by atoms with Gasteiger partial charge in [-0.25, -0.2) is 8.78 Å². The van der Waals surface area contributed by atoms with Crippen LogP contribution in [0.4, 0.5) is 22.0 Å². The number of pyridine rings is 1. The SMILES string of the molecule is O=C(O)Cc1c(C(F)F)cnc(CCl)c1C(F)(F)F. The fraction of sp³-hybridized carbons (Fsp3) is 0.400. The van der Waals surface area contributed by atoms with Gasteiger partial charge in [-0.15, -0.1) is 11.6 Å². The van der Waals surface area contributed by atoms with Gasteiger partial charge in [0.1, 0.15) is 0 Å². The van der Waals surface area contributed by atoms with E-state index in [1.54, 1.807) is 0 Å².